The maximum atomic E-state index is 3.94. The summed E-state index contributed by atoms with van der Waals surface area (Å²) in [4.78, 5) is 7.55. The van der Waals surface area contributed by atoms with Gasteiger partial charge in [-0.3, -0.25) is 0 Å². The molecule has 98 valence electrons. The molecule has 0 aliphatic rings. The fourth-order valence-electron chi connectivity index (χ4n) is 1.81. The van der Waals surface area contributed by atoms with Crippen molar-refractivity contribution in [3.05, 3.63) is 0 Å². The van der Waals surface area contributed by atoms with E-state index in [1.54, 1.807) is 0 Å². The Morgan fingerprint density at radius 2 is 1.25 bits per heavy atom. The zero-order chi connectivity index (χ0) is 12.7. The third-order valence-corrected chi connectivity index (χ3v) is 9.95. The van der Waals surface area contributed by atoms with Gasteiger partial charge in [0.25, 0.3) is 8.56 Å². The molecule has 0 aliphatic heterocycles. The molecule has 0 fully saturated rings. The van der Waals surface area contributed by atoms with Crippen LogP contribution < -0.4 is 14.6 Å². The fourth-order valence-corrected chi connectivity index (χ4v) is 10.3. The van der Waals surface area contributed by atoms with Crippen LogP contribution in [0.3, 0.4) is 0 Å². The second-order valence-corrected chi connectivity index (χ2v) is 14.2. The highest BCUT2D eigenvalue weighted by Gasteiger charge is 2.35. The Morgan fingerprint density at radius 3 is 1.50 bits per heavy atom. The fraction of sp³-hybridized carbons (Fsp3) is 1.00. The van der Waals surface area contributed by atoms with E-state index in [1.807, 2.05) is 0 Å². The van der Waals surface area contributed by atoms with Crippen LogP contribution in [0, 0.1) is 0 Å². The lowest BCUT2D eigenvalue weighted by Gasteiger charge is -2.38. The molecule has 0 unspecified atom stereocenters. The van der Waals surface area contributed by atoms with Crippen molar-refractivity contribution in [3.63, 3.8) is 0 Å². The van der Waals surface area contributed by atoms with E-state index in [9.17, 15) is 0 Å². The first kappa shape index (κ1) is 16.3. The Bertz CT molecular complexity index is 173. The Labute approximate surface area is 104 Å². The third kappa shape index (κ3) is 6.80. The predicted octanol–water partition coefficient (Wildman–Crippen LogP) is 2.37. The van der Waals surface area contributed by atoms with Crippen molar-refractivity contribution in [3.8, 4) is 0 Å². The zero-order valence-electron chi connectivity index (χ0n) is 12.0. The lowest BCUT2D eigenvalue weighted by Crippen LogP contribution is -2.76. The second kappa shape index (κ2) is 7.60. The standard InChI is InChI=1S/C11H31N3Si2/c1-7-10-12-16(9-3,13-11-8-2)14-15(4,5)6/h12-14H,7-11H2,1-6H3. The summed E-state index contributed by atoms with van der Waals surface area (Å²) < 4.78 is 3.94. The maximum absolute atomic E-state index is 3.94. The van der Waals surface area contributed by atoms with Crippen molar-refractivity contribution in [1.29, 1.82) is 0 Å². The minimum atomic E-state index is -1.64. The van der Waals surface area contributed by atoms with Crippen LogP contribution in [0.15, 0.2) is 0 Å². The first-order chi connectivity index (χ1) is 7.39. The van der Waals surface area contributed by atoms with E-state index in [0.29, 0.717) is 0 Å². The molecule has 0 amide bonds. The summed E-state index contributed by atoms with van der Waals surface area (Å²) in [6.45, 7) is 16.1. The molecule has 5 heteroatoms. The number of rotatable bonds is 9. The topological polar surface area (TPSA) is 36.1 Å². The van der Waals surface area contributed by atoms with E-state index in [-0.39, 0.29) is 0 Å². The van der Waals surface area contributed by atoms with Crippen LogP contribution in [-0.4, -0.2) is 29.9 Å². The predicted molar refractivity (Wildman–Crippen MR) is 79.3 cm³/mol. The summed E-state index contributed by atoms with van der Waals surface area (Å²) in [5.41, 5.74) is 0. The highest BCUT2D eigenvalue weighted by atomic mass is 28.4. The van der Waals surface area contributed by atoms with Gasteiger partial charge in [0.05, 0.1) is 0 Å². The van der Waals surface area contributed by atoms with Crippen LogP contribution in [0.1, 0.15) is 33.6 Å². The Hall–Kier alpha value is 0.314. The van der Waals surface area contributed by atoms with Gasteiger partial charge in [-0.05, 0) is 32.0 Å². The van der Waals surface area contributed by atoms with Gasteiger partial charge >= 0.3 is 0 Å². The average Bonchev–Trinajstić information content (AvgIpc) is 2.20. The van der Waals surface area contributed by atoms with Crippen molar-refractivity contribution in [2.24, 2.45) is 0 Å². The van der Waals surface area contributed by atoms with Crippen molar-refractivity contribution < 1.29 is 0 Å². The molecular weight excluding hydrogens is 230 g/mol. The largest absolute Gasteiger partial charge is 0.335 e. The Balaban J connectivity index is 4.52. The minimum absolute atomic E-state index is 1.12. The quantitative estimate of drug-likeness (QED) is 0.558. The van der Waals surface area contributed by atoms with Gasteiger partial charge in [-0.1, -0.05) is 40.4 Å². The lowest BCUT2D eigenvalue weighted by atomic mass is 10.5. The third-order valence-electron chi connectivity index (χ3n) is 2.47. The summed E-state index contributed by atoms with van der Waals surface area (Å²) in [6.07, 6.45) is 2.41. The number of nitrogens with one attached hydrogen (secondary N) is 3. The first-order valence-electron chi connectivity index (χ1n) is 6.68. The molecular formula is C11H31N3Si2. The van der Waals surface area contributed by atoms with Crippen LogP contribution in [0.5, 0.6) is 0 Å². The van der Waals surface area contributed by atoms with Gasteiger partial charge in [0, 0.05) is 0 Å². The van der Waals surface area contributed by atoms with Gasteiger partial charge < -0.3 is 14.6 Å². The molecule has 0 saturated heterocycles. The van der Waals surface area contributed by atoms with E-state index in [0.717, 1.165) is 13.1 Å². The molecule has 3 nitrogen and oxygen atoms in total. The SMILES string of the molecule is CCCN[Si](CC)(NCCC)N[Si](C)(C)C. The highest BCUT2D eigenvalue weighted by Crippen LogP contribution is 2.05. The van der Waals surface area contributed by atoms with Gasteiger partial charge in [0.15, 0.2) is 0 Å². The van der Waals surface area contributed by atoms with Gasteiger partial charge in [0.2, 0.25) is 0 Å². The summed E-state index contributed by atoms with van der Waals surface area (Å²) in [7, 11) is -2.86. The summed E-state index contributed by atoms with van der Waals surface area (Å²) in [6, 6.07) is 1.21. The zero-order valence-corrected chi connectivity index (χ0v) is 14.0. The molecule has 0 saturated carbocycles. The highest BCUT2D eigenvalue weighted by molar-refractivity contribution is 6.89. The van der Waals surface area contributed by atoms with Gasteiger partial charge in [-0.25, -0.2) is 0 Å². The van der Waals surface area contributed by atoms with Crippen LogP contribution >= 0.6 is 0 Å². The normalized spacial score (nSPS) is 13.1. The van der Waals surface area contributed by atoms with Crippen LogP contribution in [0.2, 0.25) is 25.7 Å². The molecule has 0 rings (SSSR count). The molecule has 0 aromatic carbocycles. The van der Waals surface area contributed by atoms with Gasteiger partial charge in [-0.15, -0.1) is 0 Å². The van der Waals surface area contributed by atoms with E-state index >= 15 is 0 Å². The molecule has 0 atom stereocenters. The summed E-state index contributed by atoms with van der Waals surface area (Å²) >= 11 is 0. The van der Waals surface area contributed by atoms with E-state index < -0.39 is 16.8 Å². The van der Waals surface area contributed by atoms with Crippen LogP contribution in [-0.2, 0) is 0 Å². The second-order valence-electron chi connectivity index (χ2n) is 5.49. The molecule has 0 aromatic heterocycles. The van der Waals surface area contributed by atoms with E-state index in [1.165, 1.54) is 18.9 Å². The average molecular weight is 262 g/mol. The molecule has 16 heavy (non-hydrogen) atoms. The van der Waals surface area contributed by atoms with Crippen molar-refractivity contribution in [1.82, 2.24) is 14.6 Å². The smallest absolute Gasteiger partial charge is 0.274 e. The Kier molecular flexibility index (Phi) is 7.75. The molecule has 0 aromatic rings. The van der Waals surface area contributed by atoms with Crippen molar-refractivity contribution in [2.45, 2.75) is 59.3 Å². The maximum Gasteiger partial charge on any atom is 0.274 e. The molecule has 0 bridgehead atoms. The summed E-state index contributed by atoms with van der Waals surface area (Å²) in [5.74, 6) is 0. The van der Waals surface area contributed by atoms with E-state index in [2.05, 4.69) is 55.0 Å². The van der Waals surface area contributed by atoms with E-state index in [4.69, 9.17) is 0 Å². The number of hydrogen-bond acceptors (Lipinski definition) is 3. The first-order valence-corrected chi connectivity index (χ1v) is 12.4. The van der Waals surface area contributed by atoms with Gasteiger partial charge in [-0.2, -0.15) is 0 Å². The number of hydrogen-bond donors (Lipinski definition) is 3. The van der Waals surface area contributed by atoms with Crippen LogP contribution in [0.4, 0.5) is 0 Å². The van der Waals surface area contributed by atoms with Crippen LogP contribution in [0.25, 0.3) is 0 Å². The summed E-state index contributed by atoms with van der Waals surface area (Å²) in [5, 5.41) is 0. The Morgan fingerprint density at radius 1 is 0.812 bits per heavy atom. The monoisotopic (exact) mass is 261 g/mol. The minimum Gasteiger partial charge on any atom is -0.335 e. The molecule has 0 aliphatic carbocycles. The molecule has 3 N–H and O–H groups in total. The molecule has 0 heterocycles. The molecule has 0 spiro atoms. The lowest BCUT2D eigenvalue weighted by molar-refractivity contribution is 0.741. The van der Waals surface area contributed by atoms with Crippen molar-refractivity contribution >= 4 is 16.8 Å². The van der Waals surface area contributed by atoms with Crippen molar-refractivity contribution in [2.75, 3.05) is 13.1 Å². The molecule has 0 radical (unpaired) electrons. The van der Waals surface area contributed by atoms with Gasteiger partial charge in [0.1, 0.15) is 8.24 Å².